The minimum Gasteiger partial charge on any atom is -0.391 e. The van der Waals surface area contributed by atoms with E-state index in [1.807, 2.05) is 12.1 Å². The van der Waals surface area contributed by atoms with Crippen molar-refractivity contribution in [2.45, 2.75) is 50.3 Å². The first-order valence-corrected chi connectivity index (χ1v) is 12.9. The summed E-state index contributed by atoms with van der Waals surface area (Å²) in [6.45, 7) is 0. The zero-order valence-corrected chi connectivity index (χ0v) is 21.4. The number of anilines is 1. The van der Waals surface area contributed by atoms with E-state index < -0.39 is 12.1 Å². The first-order valence-electron chi connectivity index (χ1n) is 12.1. The molecule has 0 saturated heterocycles. The third-order valence-corrected chi connectivity index (χ3v) is 7.34. The molecule has 2 aliphatic carbocycles. The van der Waals surface area contributed by atoms with Gasteiger partial charge >= 0.3 is 0 Å². The molecule has 1 amide bonds. The summed E-state index contributed by atoms with van der Waals surface area (Å²) in [5.74, 6) is -0.314. The van der Waals surface area contributed by atoms with Gasteiger partial charge in [0, 0.05) is 24.2 Å². The molecule has 2 aromatic heterocycles. The Morgan fingerprint density at radius 3 is 2.78 bits per heavy atom. The van der Waals surface area contributed by atoms with Crippen LogP contribution in [0.4, 0.5) is 10.2 Å². The smallest absolute Gasteiger partial charge is 0.253 e. The fourth-order valence-electron chi connectivity index (χ4n) is 4.91. The van der Waals surface area contributed by atoms with Gasteiger partial charge in [-0.15, -0.1) is 0 Å². The molecule has 3 aromatic rings. The van der Waals surface area contributed by atoms with Crippen LogP contribution in [0.1, 0.15) is 57.9 Å². The second-order valence-electron chi connectivity index (χ2n) is 9.17. The monoisotopic (exact) mass is 540 g/mol. The highest BCUT2D eigenvalue weighted by Crippen LogP contribution is 2.33. The normalized spacial score (nSPS) is 20.2. The fraction of sp³-hybridized carbons (Fsp3) is 0.308. The molecule has 1 unspecified atom stereocenters. The van der Waals surface area contributed by atoms with E-state index in [0.717, 1.165) is 29.5 Å². The number of hydrogen-bond acceptors (Lipinski definition) is 6. The fourth-order valence-corrected chi connectivity index (χ4v) is 5.30. The van der Waals surface area contributed by atoms with E-state index in [1.165, 1.54) is 18.3 Å². The Bertz CT molecular complexity index is 1340. The first kappa shape index (κ1) is 25.3. The van der Waals surface area contributed by atoms with E-state index in [1.54, 1.807) is 18.5 Å². The number of hydrazine groups is 1. The zero-order chi connectivity index (χ0) is 25.9. The molecular formula is C26H26ClFN6O2S. The molecule has 2 aliphatic rings. The van der Waals surface area contributed by atoms with Crippen molar-refractivity contribution in [2.24, 2.45) is 0 Å². The number of aromatic nitrogens is 2. The lowest BCUT2D eigenvalue weighted by atomic mass is 9.96. The van der Waals surface area contributed by atoms with Gasteiger partial charge in [-0.2, -0.15) is 0 Å². The summed E-state index contributed by atoms with van der Waals surface area (Å²) in [5.41, 5.74) is 9.47. The molecule has 37 heavy (non-hydrogen) atoms. The maximum absolute atomic E-state index is 14.7. The average Bonchev–Trinajstić information content (AvgIpc) is 3.22. The van der Waals surface area contributed by atoms with Crippen molar-refractivity contribution >= 4 is 40.7 Å². The Balaban J connectivity index is 1.27. The number of aryl methyl sites for hydroxylation is 1. The molecule has 8 nitrogen and oxygen atoms in total. The number of carbonyl (C=O) groups is 1. The summed E-state index contributed by atoms with van der Waals surface area (Å²) in [5, 5.41) is 16.5. The van der Waals surface area contributed by atoms with E-state index in [4.69, 9.17) is 23.8 Å². The molecule has 5 rings (SSSR count). The predicted molar refractivity (Wildman–Crippen MR) is 143 cm³/mol. The third-order valence-electron chi connectivity index (χ3n) is 6.84. The lowest BCUT2D eigenvalue weighted by Gasteiger charge is -2.23. The highest BCUT2D eigenvalue weighted by Gasteiger charge is 2.28. The summed E-state index contributed by atoms with van der Waals surface area (Å²) >= 11 is 11.9. The Kier molecular flexibility index (Phi) is 7.50. The maximum atomic E-state index is 14.7. The van der Waals surface area contributed by atoms with Gasteiger partial charge in [-0.3, -0.25) is 20.6 Å². The number of carbonyl (C=O) groups excluding carboxylic acids is 1. The quantitative estimate of drug-likeness (QED) is 0.247. The molecule has 2 heterocycles. The maximum Gasteiger partial charge on any atom is 0.253 e. The SMILES string of the molecule is O=C(N[C@@H]1CCC[C@H]1O)c1cnc(NNC(=S)NC2c3cnccc3CCc3c(F)cccc32)c(Cl)c1. The van der Waals surface area contributed by atoms with Gasteiger partial charge in [-0.25, -0.2) is 9.37 Å². The van der Waals surface area contributed by atoms with Crippen LogP contribution >= 0.6 is 23.8 Å². The molecule has 0 radical (unpaired) electrons. The third kappa shape index (κ3) is 5.51. The Morgan fingerprint density at radius 1 is 1.14 bits per heavy atom. The van der Waals surface area contributed by atoms with Gasteiger partial charge in [0.15, 0.2) is 10.9 Å². The number of pyridine rings is 2. The molecule has 11 heteroatoms. The van der Waals surface area contributed by atoms with Crippen LogP contribution in [0.25, 0.3) is 0 Å². The molecule has 3 atom stereocenters. The number of fused-ring (bicyclic) bond motifs is 2. The largest absolute Gasteiger partial charge is 0.391 e. The van der Waals surface area contributed by atoms with Crippen LogP contribution in [-0.2, 0) is 12.8 Å². The van der Waals surface area contributed by atoms with E-state index in [2.05, 4.69) is 31.5 Å². The Labute approximate surface area is 224 Å². The summed E-state index contributed by atoms with van der Waals surface area (Å²) < 4.78 is 14.7. The molecule has 192 valence electrons. The molecule has 0 aliphatic heterocycles. The minimum atomic E-state index is -0.536. The van der Waals surface area contributed by atoms with Crippen molar-refractivity contribution < 1.29 is 14.3 Å². The molecule has 0 spiro atoms. The van der Waals surface area contributed by atoms with Crippen LogP contribution in [-0.4, -0.2) is 38.2 Å². The number of rotatable bonds is 5. The van der Waals surface area contributed by atoms with Crippen molar-refractivity contribution in [3.8, 4) is 0 Å². The number of aliphatic hydroxyl groups is 1. The summed E-state index contributed by atoms with van der Waals surface area (Å²) in [6.07, 6.45) is 7.92. The van der Waals surface area contributed by atoms with E-state index in [0.29, 0.717) is 24.8 Å². The minimum absolute atomic E-state index is 0.214. The number of benzene rings is 1. The van der Waals surface area contributed by atoms with Gasteiger partial charge in [-0.1, -0.05) is 23.7 Å². The average molecular weight is 541 g/mol. The predicted octanol–water partition coefficient (Wildman–Crippen LogP) is 3.59. The Hall–Kier alpha value is -3.34. The number of hydrogen-bond donors (Lipinski definition) is 5. The van der Waals surface area contributed by atoms with Gasteiger partial charge in [0.1, 0.15) is 5.82 Å². The molecular weight excluding hydrogens is 515 g/mol. The van der Waals surface area contributed by atoms with Crippen molar-refractivity contribution in [3.63, 3.8) is 0 Å². The highest BCUT2D eigenvalue weighted by atomic mass is 35.5. The number of aliphatic hydroxyl groups excluding tert-OH is 1. The molecule has 1 saturated carbocycles. The van der Waals surface area contributed by atoms with Crippen molar-refractivity contribution in [1.29, 1.82) is 0 Å². The number of thiocarbonyl (C=S) groups is 1. The first-order chi connectivity index (χ1) is 17.9. The van der Waals surface area contributed by atoms with Crippen LogP contribution in [0.15, 0.2) is 48.9 Å². The number of nitrogens with zero attached hydrogens (tertiary/aromatic N) is 2. The van der Waals surface area contributed by atoms with Gasteiger partial charge in [0.25, 0.3) is 5.91 Å². The van der Waals surface area contributed by atoms with Gasteiger partial charge < -0.3 is 15.7 Å². The van der Waals surface area contributed by atoms with Crippen molar-refractivity contribution in [1.82, 2.24) is 26.0 Å². The standard InChI is InChI=1S/C26H26ClFN6O2S/c27-19-11-15(25(36)31-21-5-2-6-22(21)35)12-30-24(19)33-34-26(37)32-23-17-3-1-4-20(28)16(17)8-7-14-9-10-29-13-18(14)23/h1,3-4,9-13,21-23,35H,2,5-8H2,(H,30,33)(H,31,36)(H2,32,34,37)/t21-,22-,23?/m1/s1. The summed E-state index contributed by atoms with van der Waals surface area (Å²) in [6, 6.07) is 7.82. The number of amides is 1. The van der Waals surface area contributed by atoms with Crippen LogP contribution in [0, 0.1) is 5.82 Å². The topological polar surface area (TPSA) is 111 Å². The van der Waals surface area contributed by atoms with Crippen molar-refractivity contribution in [3.05, 3.63) is 87.6 Å². The van der Waals surface area contributed by atoms with Crippen LogP contribution < -0.4 is 21.5 Å². The summed E-state index contributed by atoms with van der Waals surface area (Å²) in [4.78, 5) is 21.0. The lowest BCUT2D eigenvalue weighted by Crippen LogP contribution is -2.41. The van der Waals surface area contributed by atoms with Crippen LogP contribution in [0.2, 0.25) is 5.02 Å². The van der Waals surface area contributed by atoms with E-state index >= 15 is 0 Å². The lowest BCUT2D eigenvalue weighted by molar-refractivity contribution is 0.0873. The highest BCUT2D eigenvalue weighted by molar-refractivity contribution is 7.80. The second-order valence-corrected chi connectivity index (χ2v) is 9.99. The van der Waals surface area contributed by atoms with Gasteiger partial charge in [0.2, 0.25) is 0 Å². The van der Waals surface area contributed by atoms with Crippen LogP contribution in [0.3, 0.4) is 0 Å². The Morgan fingerprint density at radius 2 is 2.00 bits per heavy atom. The van der Waals surface area contributed by atoms with Gasteiger partial charge in [-0.05, 0) is 79.2 Å². The van der Waals surface area contributed by atoms with Crippen LogP contribution in [0.5, 0.6) is 0 Å². The number of halogens is 2. The molecule has 0 bridgehead atoms. The van der Waals surface area contributed by atoms with Gasteiger partial charge in [0.05, 0.1) is 28.8 Å². The zero-order valence-electron chi connectivity index (χ0n) is 19.8. The number of nitrogens with one attached hydrogen (secondary N) is 4. The molecule has 1 fully saturated rings. The molecule has 1 aromatic carbocycles. The second kappa shape index (κ2) is 11.0. The summed E-state index contributed by atoms with van der Waals surface area (Å²) in [7, 11) is 0. The van der Waals surface area contributed by atoms with E-state index in [9.17, 15) is 14.3 Å². The molecule has 5 N–H and O–H groups in total. The van der Waals surface area contributed by atoms with E-state index in [-0.39, 0.29) is 39.3 Å². The van der Waals surface area contributed by atoms with Crippen molar-refractivity contribution in [2.75, 3.05) is 5.43 Å².